The second-order valence-corrected chi connectivity index (χ2v) is 12.6. The van der Waals surface area contributed by atoms with Crippen LogP contribution in [-0.4, -0.2) is 44.3 Å². The molecule has 40 heavy (non-hydrogen) atoms. The SMILES string of the molecule is CC[C@H](C(=O)NCC(C)C)N(Cc1ccccc1Cl)C(=O)CN(c1cccc(Cl)c1C)S(=O)(=O)c1ccccc1. The number of amides is 2. The van der Waals surface area contributed by atoms with Gasteiger partial charge in [-0.3, -0.25) is 13.9 Å². The average Bonchev–Trinajstić information content (AvgIpc) is 2.93. The molecule has 0 bridgehead atoms. The van der Waals surface area contributed by atoms with E-state index in [0.29, 0.717) is 34.1 Å². The predicted molar refractivity (Wildman–Crippen MR) is 161 cm³/mol. The molecule has 0 radical (unpaired) electrons. The first kappa shape index (κ1) is 31.5. The molecular weight excluding hydrogens is 569 g/mol. The number of anilines is 1. The zero-order valence-corrected chi connectivity index (χ0v) is 25.4. The topological polar surface area (TPSA) is 86.8 Å². The van der Waals surface area contributed by atoms with Gasteiger partial charge in [-0.1, -0.05) is 86.4 Å². The number of carbonyl (C=O) groups is 2. The van der Waals surface area contributed by atoms with Crippen molar-refractivity contribution in [3.8, 4) is 0 Å². The summed E-state index contributed by atoms with van der Waals surface area (Å²) in [5.41, 5.74) is 1.43. The van der Waals surface area contributed by atoms with Crippen LogP contribution in [-0.2, 0) is 26.2 Å². The molecule has 0 aliphatic carbocycles. The van der Waals surface area contributed by atoms with Gasteiger partial charge in [-0.25, -0.2) is 8.42 Å². The highest BCUT2D eigenvalue weighted by Crippen LogP contribution is 2.31. The van der Waals surface area contributed by atoms with Gasteiger partial charge in [-0.05, 0) is 60.7 Å². The van der Waals surface area contributed by atoms with E-state index in [1.807, 2.05) is 20.8 Å². The summed E-state index contributed by atoms with van der Waals surface area (Å²) < 4.78 is 28.9. The highest BCUT2D eigenvalue weighted by atomic mass is 35.5. The molecule has 0 aromatic heterocycles. The van der Waals surface area contributed by atoms with Gasteiger partial charge in [0.05, 0.1) is 10.6 Å². The quantitative estimate of drug-likeness (QED) is 0.272. The second kappa shape index (κ2) is 14.0. The van der Waals surface area contributed by atoms with Crippen molar-refractivity contribution in [3.05, 3.63) is 94.0 Å². The lowest BCUT2D eigenvalue weighted by Gasteiger charge is -2.34. The third kappa shape index (κ3) is 7.56. The van der Waals surface area contributed by atoms with Gasteiger partial charge in [-0.2, -0.15) is 0 Å². The van der Waals surface area contributed by atoms with Gasteiger partial charge < -0.3 is 10.2 Å². The van der Waals surface area contributed by atoms with E-state index in [1.54, 1.807) is 67.6 Å². The van der Waals surface area contributed by atoms with Crippen LogP contribution in [0.2, 0.25) is 10.0 Å². The molecular formula is C30H35Cl2N3O4S. The Balaban J connectivity index is 2.09. The summed E-state index contributed by atoms with van der Waals surface area (Å²) in [6.07, 6.45) is 0.321. The third-order valence-corrected chi connectivity index (χ3v) is 9.04. The second-order valence-electron chi connectivity index (χ2n) is 9.88. The van der Waals surface area contributed by atoms with Gasteiger partial charge in [0.2, 0.25) is 11.8 Å². The highest BCUT2D eigenvalue weighted by Gasteiger charge is 2.34. The number of hydrogen-bond acceptors (Lipinski definition) is 4. The number of nitrogens with zero attached hydrogens (tertiary/aromatic N) is 2. The maximum atomic E-state index is 14.1. The normalized spacial score (nSPS) is 12.2. The zero-order valence-electron chi connectivity index (χ0n) is 23.1. The van der Waals surface area contributed by atoms with Gasteiger partial charge in [0.25, 0.3) is 10.0 Å². The minimum Gasteiger partial charge on any atom is -0.354 e. The van der Waals surface area contributed by atoms with E-state index in [1.165, 1.54) is 17.0 Å². The standard InChI is InChI=1S/C30H35Cl2N3O4S/c1-5-27(30(37)33-18-21(2)3)34(19-23-12-9-10-15-26(23)32)29(36)20-35(28-17-11-16-25(31)22(28)4)40(38,39)24-13-7-6-8-14-24/h6-17,21,27H,5,18-20H2,1-4H3,(H,33,37)/t27-/m1/s1. The van der Waals surface area contributed by atoms with Crippen molar-refractivity contribution in [1.82, 2.24) is 10.2 Å². The first-order valence-corrected chi connectivity index (χ1v) is 15.3. The van der Waals surface area contributed by atoms with Crippen LogP contribution in [0.4, 0.5) is 5.69 Å². The summed E-state index contributed by atoms with van der Waals surface area (Å²) in [5.74, 6) is -0.648. The summed E-state index contributed by atoms with van der Waals surface area (Å²) in [5, 5.41) is 3.72. The summed E-state index contributed by atoms with van der Waals surface area (Å²) in [6.45, 7) is 7.40. The van der Waals surface area contributed by atoms with Gasteiger partial charge in [-0.15, -0.1) is 0 Å². The molecule has 0 unspecified atom stereocenters. The first-order valence-electron chi connectivity index (χ1n) is 13.1. The van der Waals surface area contributed by atoms with Crippen molar-refractivity contribution in [2.24, 2.45) is 5.92 Å². The Morgan fingerprint density at radius 1 is 0.900 bits per heavy atom. The fraction of sp³-hybridized carbons (Fsp3) is 0.333. The van der Waals surface area contributed by atoms with Crippen LogP contribution in [0.3, 0.4) is 0 Å². The van der Waals surface area contributed by atoms with E-state index < -0.39 is 28.5 Å². The lowest BCUT2D eigenvalue weighted by atomic mass is 10.1. The fourth-order valence-electron chi connectivity index (χ4n) is 4.25. The van der Waals surface area contributed by atoms with Crippen LogP contribution < -0.4 is 9.62 Å². The van der Waals surface area contributed by atoms with Crippen molar-refractivity contribution in [2.45, 2.75) is 51.6 Å². The van der Waals surface area contributed by atoms with E-state index in [0.717, 1.165) is 4.31 Å². The molecule has 3 aromatic rings. The molecule has 7 nitrogen and oxygen atoms in total. The molecule has 0 aliphatic rings. The Hall–Kier alpha value is -3.07. The Morgan fingerprint density at radius 3 is 2.15 bits per heavy atom. The molecule has 1 N–H and O–H groups in total. The molecule has 0 aliphatic heterocycles. The monoisotopic (exact) mass is 603 g/mol. The average molecular weight is 605 g/mol. The molecule has 2 amide bonds. The Morgan fingerprint density at radius 2 is 1.52 bits per heavy atom. The highest BCUT2D eigenvalue weighted by molar-refractivity contribution is 7.92. The molecule has 0 fully saturated rings. The van der Waals surface area contributed by atoms with Crippen LogP contribution >= 0.6 is 23.2 Å². The number of benzene rings is 3. The molecule has 3 rings (SSSR count). The molecule has 0 saturated carbocycles. The molecule has 10 heteroatoms. The number of rotatable bonds is 12. The minimum atomic E-state index is -4.18. The van der Waals surface area contributed by atoms with E-state index in [9.17, 15) is 18.0 Å². The fourth-order valence-corrected chi connectivity index (χ4v) is 6.11. The van der Waals surface area contributed by atoms with E-state index in [2.05, 4.69) is 5.32 Å². The predicted octanol–water partition coefficient (Wildman–Crippen LogP) is 6.08. The molecule has 0 heterocycles. The Labute approximate surface area is 247 Å². The van der Waals surface area contributed by atoms with E-state index >= 15 is 0 Å². The molecule has 0 saturated heterocycles. The van der Waals surface area contributed by atoms with E-state index in [4.69, 9.17) is 23.2 Å². The lowest BCUT2D eigenvalue weighted by Crippen LogP contribution is -2.52. The third-order valence-electron chi connectivity index (χ3n) is 6.49. The minimum absolute atomic E-state index is 0.0276. The van der Waals surface area contributed by atoms with Crippen molar-refractivity contribution < 1.29 is 18.0 Å². The summed E-state index contributed by atoms with van der Waals surface area (Å²) in [7, 11) is -4.18. The first-order chi connectivity index (χ1) is 19.0. The van der Waals surface area contributed by atoms with Gasteiger partial charge in [0.1, 0.15) is 12.6 Å². The summed E-state index contributed by atoms with van der Waals surface area (Å²) in [4.78, 5) is 28.8. The largest absolute Gasteiger partial charge is 0.354 e. The number of halogens is 2. The lowest BCUT2D eigenvalue weighted by molar-refractivity contribution is -0.140. The van der Waals surface area contributed by atoms with Crippen LogP contribution in [0, 0.1) is 12.8 Å². The zero-order chi connectivity index (χ0) is 29.4. The van der Waals surface area contributed by atoms with Crippen LogP contribution in [0.5, 0.6) is 0 Å². The molecule has 0 spiro atoms. The number of nitrogens with one attached hydrogen (secondary N) is 1. The maximum absolute atomic E-state index is 14.1. The Kier molecular flexibility index (Phi) is 11.0. The molecule has 3 aromatic carbocycles. The van der Waals surface area contributed by atoms with Crippen molar-refractivity contribution in [2.75, 3.05) is 17.4 Å². The number of carbonyl (C=O) groups excluding carboxylic acids is 2. The summed E-state index contributed by atoms with van der Waals surface area (Å²) >= 11 is 12.8. The van der Waals surface area contributed by atoms with Crippen molar-refractivity contribution in [3.63, 3.8) is 0 Å². The van der Waals surface area contributed by atoms with Crippen LogP contribution in [0.1, 0.15) is 38.3 Å². The Bertz CT molecular complexity index is 1430. The van der Waals surface area contributed by atoms with Crippen molar-refractivity contribution in [1.29, 1.82) is 0 Å². The summed E-state index contributed by atoms with van der Waals surface area (Å²) in [6, 6.07) is 19.0. The molecule has 214 valence electrons. The van der Waals surface area contributed by atoms with Gasteiger partial charge in [0.15, 0.2) is 0 Å². The van der Waals surface area contributed by atoms with Crippen LogP contribution in [0.15, 0.2) is 77.7 Å². The van der Waals surface area contributed by atoms with Gasteiger partial charge >= 0.3 is 0 Å². The number of hydrogen-bond donors (Lipinski definition) is 1. The molecule has 1 atom stereocenters. The smallest absolute Gasteiger partial charge is 0.264 e. The van der Waals surface area contributed by atoms with Crippen molar-refractivity contribution >= 4 is 50.7 Å². The van der Waals surface area contributed by atoms with Crippen LogP contribution in [0.25, 0.3) is 0 Å². The van der Waals surface area contributed by atoms with E-state index in [-0.39, 0.29) is 29.0 Å². The maximum Gasteiger partial charge on any atom is 0.264 e. The van der Waals surface area contributed by atoms with Gasteiger partial charge in [0, 0.05) is 23.1 Å². The number of sulfonamides is 1.